The number of nitrogens with zero attached hydrogens (tertiary/aromatic N) is 4. The van der Waals surface area contributed by atoms with E-state index in [0.717, 1.165) is 29.1 Å². The zero-order valence-electron chi connectivity index (χ0n) is 17.7. The van der Waals surface area contributed by atoms with Gasteiger partial charge in [-0.2, -0.15) is 0 Å². The van der Waals surface area contributed by atoms with Gasteiger partial charge in [0.2, 0.25) is 0 Å². The van der Waals surface area contributed by atoms with Crippen LogP contribution in [-0.4, -0.2) is 41.7 Å². The molecule has 0 saturated carbocycles. The number of aromatic nitrogens is 3. The van der Waals surface area contributed by atoms with E-state index >= 15 is 0 Å². The van der Waals surface area contributed by atoms with Crippen LogP contribution in [0.5, 0.6) is 0 Å². The molecule has 3 rings (SSSR count). The molecule has 0 radical (unpaired) electrons. The first kappa shape index (κ1) is 24.8. The number of pyridine rings is 1. The summed E-state index contributed by atoms with van der Waals surface area (Å²) in [5, 5.41) is 6.55. The topological polar surface area (TPSA) is 101 Å². The molecule has 0 aliphatic rings. The number of guanidine groups is 1. The molecule has 0 bridgehead atoms. The van der Waals surface area contributed by atoms with Gasteiger partial charge in [0.05, 0.1) is 11.4 Å². The molecule has 31 heavy (non-hydrogen) atoms. The van der Waals surface area contributed by atoms with E-state index < -0.39 is 9.84 Å². The van der Waals surface area contributed by atoms with Gasteiger partial charge in [-0.3, -0.25) is 4.57 Å². The molecule has 2 heterocycles. The zero-order valence-corrected chi connectivity index (χ0v) is 20.9. The van der Waals surface area contributed by atoms with Crippen molar-refractivity contribution in [1.82, 2.24) is 25.2 Å². The van der Waals surface area contributed by atoms with Crippen molar-refractivity contribution < 1.29 is 8.42 Å². The van der Waals surface area contributed by atoms with Gasteiger partial charge in [-0.25, -0.2) is 23.4 Å². The first-order valence-electron chi connectivity index (χ1n) is 9.62. The Balaban J connectivity index is 0.00000341. The number of aliphatic imine (C=N–C) groups is 1. The average molecular weight is 554 g/mol. The fraction of sp³-hybridized carbons (Fsp3) is 0.286. The maximum Gasteiger partial charge on any atom is 0.191 e. The lowest BCUT2D eigenvalue weighted by molar-refractivity contribution is 0.601. The third-order valence-electron chi connectivity index (χ3n) is 4.44. The molecule has 2 N–H and O–H groups in total. The maximum atomic E-state index is 11.8. The minimum absolute atomic E-state index is 0. The molecule has 0 saturated heterocycles. The molecule has 2 aromatic heterocycles. The van der Waals surface area contributed by atoms with Gasteiger partial charge in [0, 0.05) is 37.9 Å². The predicted octanol–water partition coefficient (Wildman–Crippen LogP) is 2.85. The van der Waals surface area contributed by atoms with Crippen molar-refractivity contribution in [3.63, 3.8) is 0 Å². The Morgan fingerprint density at radius 1 is 1.13 bits per heavy atom. The first-order valence-corrected chi connectivity index (χ1v) is 11.5. The summed E-state index contributed by atoms with van der Waals surface area (Å²) in [6.45, 7) is 5.56. The van der Waals surface area contributed by atoms with Crippen LogP contribution in [0.4, 0.5) is 0 Å². The number of imidazole rings is 1. The van der Waals surface area contributed by atoms with E-state index in [0.29, 0.717) is 23.9 Å². The number of hydrogen-bond donors (Lipinski definition) is 2. The molecule has 166 valence electrons. The van der Waals surface area contributed by atoms with Gasteiger partial charge >= 0.3 is 0 Å². The summed E-state index contributed by atoms with van der Waals surface area (Å²) in [7, 11) is -3.22. The molecule has 0 amide bonds. The highest BCUT2D eigenvalue weighted by atomic mass is 127. The summed E-state index contributed by atoms with van der Waals surface area (Å²) >= 11 is 0. The standard InChI is InChI=1S/C21H26N6O2S.HI/c1-4-23-21(25-13-17-5-6-19(16(2)11-17)30(3,28)29)26-14-18-7-8-24-20(12-18)27-10-9-22-15-27;/h5-12,15H,4,13-14H2,1-3H3,(H2,23,25,26);1H. The molecule has 3 aromatic rings. The molecular weight excluding hydrogens is 527 g/mol. The molecule has 0 aliphatic carbocycles. The van der Waals surface area contributed by atoms with Crippen molar-refractivity contribution in [2.24, 2.45) is 4.99 Å². The van der Waals surface area contributed by atoms with Gasteiger partial charge in [0.15, 0.2) is 15.8 Å². The molecule has 0 fully saturated rings. The fourth-order valence-corrected chi connectivity index (χ4v) is 3.99. The van der Waals surface area contributed by atoms with Crippen LogP contribution < -0.4 is 10.6 Å². The van der Waals surface area contributed by atoms with Crippen molar-refractivity contribution in [3.8, 4) is 5.82 Å². The Morgan fingerprint density at radius 3 is 2.58 bits per heavy atom. The first-order chi connectivity index (χ1) is 14.4. The summed E-state index contributed by atoms with van der Waals surface area (Å²) in [6, 6.07) is 9.25. The Labute approximate surface area is 200 Å². The Morgan fingerprint density at radius 2 is 1.94 bits per heavy atom. The molecule has 1 aromatic carbocycles. The van der Waals surface area contributed by atoms with E-state index in [2.05, 4.69) is 25.6 Å². The number of hydrogen-bond acceptors (Lipinski definition) is 5. The number of benzene rings is 1. The fourth-order valence-electron chi connectivity index (χ4n) is 3.03. The molecule has 8 nitrogen and oxygen atoms in total. The van der Waals surface area contributed by atoms with Crippen LogP contribution in [0.3, 0.4) is 0 Å². The largest absolute Gasteiger partial charge is 0.357 e. The number of rotatable bonds is 7. The molecule has 0 atom stereocenters. The highest BCUT2D eigenvalue weighted by molar-refractivity contribution is 14.0. The van der Waals surface area contributed by atoms with E-state index in [1.165, 1.54) is 6.26 Å². The second kappa shape index (κ2) is 11.2. The molecule has 0 aliphatic heterocycles. The lowest BCUT2D eigenvalue weighted by Gasteiger charge is -2.12. The van der Waals surface area contributed by atoms with Crippen molar-refractivity contribution in [2.75, 3.05) is 12.8 Å². The van der Waals surface area contributed by atoms with Crippen LogP contribution >= 0.6 is 24.0 Å². The molecule has 0 spiro atoms. The predicted molar refractivity (Wildman–Crippen MR) is 133 cm³/mol. The Kier molecular flexibility index (Phi) is 8.99. The summed E-state index contributed by atoms with van der Waals surface area (Å²) in [6.07, 6.45) is 8.26. The van der Waals surface area contributed by atoms with E-state index in [1.54, 1.807) is 37.8 Å². The van der Waals surface area contributed by atoms with Crippen LogP contribution in [0.25, 0.3) is 5.82 Å². The molecular formula is C21H27IN6O2S. The third kappa shape index (κ3) is 7.03. The average Bonchev–Trinajstić information content (AvgIpc) is 3.24. The van der Waals surface area contributed by atoms with Crippen molar-refractivity contribution >= 4 is 39.8 Å². The minimum Gasteiger partial charge on any atom is -0.357 e. The Hall–Kier alpha value is -2.47. The Bertz CT molecular complexity index is 1130. The normalized spacial score (nSPS) is 11.6. The number of halogens is 1. The van der Waals surface area contributed by atoms with E-state index in [9.17, 15) is 8.42 Å². The van der Waals surface area contributed by atoms with Crippen LogP contribution in [0.2, 0.25) is 0 Å². The highest BCUT2D eigenvalue weighted by Gasteiger charge is 2.10. The third-order valence-corrected chi connectivity index (χ3v) is 5.70. The van der Waals surface area contributed by atoms with Crippen molar-refractivity contribution in [2.45, 2.75) is 31.8 Å². The van der Waals surface area contributed by atoms with E-state index in [1.807, 2.05) is 35.9 Å². The lowest BCUT2D eigenvalue weighted by atomic mass is 10.1. The second-order valence-electron chi connectivity index (χ2n) is 6.91. The summed E-state index contributed by atoms with van der Waals surface area (Å²) in [4.78, 5) is 13.4. The van der Waals surface area contributed by atoms with Crippen LogP contribution in [0, 0.1) is 6.92 Å². The van der Waals surface area contributed by atoms with Crippen LogP contribution in [-0.2, 0) is 22.9 Å². The van der Waals surface area contributed by atoms with Crippen molar-refractivity contribution in [1.29, 1.82) is 0 Å². The van der Waals surface area contributed by atoms with Crippen molar-refractivity contribution in [3.05, 3.63) is 71.9 Å². The number of nitrogens with one attached hydrogen (secondary N) is 2. The van der Waals surface area contributed by atoms with E-state index in [-0.39, 0.29) is 24.0 Å². The van der Waals surface area contributed by atoms with Gasteiger partial charge in [-0.1, -0.05) is 12.1 Å². The van der Waals surface area contributed by atoms with Gasteiger partial charge in [-0.15, -0.1) is 24.0 Å². The quantitative estimate of drug-likeness (QED) is 0.265. The highest BCUT2D eigenvalue weighted by Crippen LogP contribution is 2.17. The van der Waals surface area contributed by atoms with Gasteiger partial charge < -0.3 is 10.6 Å². The summed E-state index contributed by atoms with van der Waals surface area (Å²) in [5.74, 6) is 1.48. The van der Waals surface area contributed by atoms with Gasteiger partial charge in [-0.05, 0) is 48.7 Å². The van der Waals surface area contributed by atoms with Crippen LogP contribution in [0.15, 0.2) is 65.1 Å². The minimum atomic E-state index is -3.22. The molecule has 10 heteroatoms. The number of aryl methyl sites for hydroxylation is 1. The zero-order chi connectivity index (χ0) is 21.6. The lowest BCUT2D eigenvalue weighted by Crippen LogP contribution is -2.36. The summed E-state index contributed by atoms with van der Waals surface area (Å²) < 4.78 is 25.4. The monoisotopic (exact) mass is 554 g/mol. The SMILES string of the molecule is CCNC(=NCc1ccc(S(C)(=O)=O)c(C)c1)NCc1ccnc(-n2ccnc2)c1.I. The molecule has 0 unspecified atom stereocenters. The van der Waals surface area contributed by atoms with Gasteiger partial charge in [0.25, 0.3) is 0 Å². The smallest absolute Gasteiger partial charge is 0.191 e. The number of sulfone groups is 1. The van der Waals surface area contributed by atoms with Gasteiger partial charge in [0.1, 0.15) is 12.1 Å². The second-order valence-corrected chi connectivity index (χ2v) is 8.90. The van der Waals surface area contributed by atoms with Crippen LogP contribution in [0.1, 0.15) is 23.6 Å². The van der Waals surface area contributed by atoms with E-state index in [4.69, 9.17) is 0 Å². The maximum absolute atomic E-state index is 11.8. The summed E-state index contributed by atoms with van der Waals surface area (Å²) in [5.41, 5.74) is 2.74.